The quantitative estimate of drug-likeness (QED) is 0.625. The molecule has 0 saturated carbocycles. The van der Waals surface area contributed by atoms with E-state index in [9.17, 15) is 14.4 Å². The van der Waals surface area contributed by atoms with Crippen LogP contribution in [-0.4, -0.2) is 48.9 Å². The maximum Gasteiger partial charge on any atom is 0.262 e. The first-order chi connectivity index (χ1) is 9.57. The van der Waals surface area contributed by atoms with E-state index < -0.39 is 17.9 Å². The molecule has 0 saturated heterocycles. The summed E-state index contributed by atoms with van der Waals surface area (Å²) in [6.45, 7) is 2.24. The highest BCUT2D eigenvalue weighted by Gasteiger charge is 2.40. The molecular weight excluding hydrogens is 260 g/mol. The molecule has 3 amide bonds. The Morgan fingerprint density at radius 2 is 1.80 bits per heavy atom. The number of rotatable bonds is 5. The van der Waals surface area contributed by atoms with Gasteiger partial charge in [-0.15, -0.1) is 0 Å². The molecule has 0 spiro atoms. The molecule has 1 aromatic carbocycles. The summed E-state index contributed by atoms with van der Waals surface area (Å²) in [6, 6.07) is 5.71. The average molecular weight is 276 g/mol. The highest BCUT2D eigenvalue weighted by Crippen LogP contribution is 2.24. The van der Waals surface area contributed by atoms with E-state index in [0.717, 1.165) is 4.90 Å². The number of methoxy groups -OCH3 is 1. The zero-order valence-corrected chi connectivity index (χ0v) is 11.4. The molecule has 20 heavy (non-hydrogen) atoms. The number of carbonyl (C=O) groups is 3. The highest BCUT2D eigenvalue weighted by molar-refractivity contribution is 6.22. The molecule has 0 radical (unpaired) electrons. The second-order valence-corrected chi connectivity index (χ2v) is 4.49. The van der Waals surface area contributed by atoms with Crippen molar-refractivity contribution in [3.05, 3.63) is 35.4 Å². The number of ether oxygens (including phenoxy) is 1. The Hall–Kier alpha value is -2.21. The molecule has 6 nitrogen and oxygen atoms in total. The van der Waals surface area contributed by atoms with E-state index in [1.807, 2.05) is 0 Å². The van der Waals surface area contributed by atoms with Crippen LogP contribution in [0.3, 0.4) is 0 Å². The lowest BCUT2D eigenvalue weighted by atomic mass is 10.1. The third-order valence-electron chi connectivity index (χ3n) is 3.20. The molecule has 0 aromatic heterocycles. The number of fused-ring (bicyclic) bond motifs is 1. The van der Waals surface area contributed by atoms with Gasteiger partial charge < -0.3 is 10.1 Å². The van der Waals surface area contributed by atoms with Crippen LogP contribution < -0.4 is 5.32 Å². The van der Waals surface area contributed by atoms with Crippen LogP contribution in [0.5, 0.6) is 0 Å². The second-order valence-electron chi connectivity index (χ2n) is 4.49. The molecule has 1 unspecified atom stereocenters. The zero-order valence-electron chi connectivity index (χ0n) is 11.4. The van der Waals surface area contributed by atoms with Crippen LogP contribution >= 0.6 is 0 Å². The van der Waals surface area contributed by atoms with E-state index in [0.29, 0.717) is 24.3 Å². The van der Waals surface area contributed by atoms with E-state index in [1.165, 1.54) is 14.0 Å². The average Bonchev–Trinajstić information content (AvgIpc) is 2.71. The minimum absolute atomic E-state index is 0.336. The summed E-state index contributed by atoms with van der Waals surface area (Å²) in [6.07, 6.45) is 0. The number of nitrogens with zero attached hydrogens (tertiary/aromatic N) is 1. The summed E-state index contributed by atoms with van der Waals surface area (Å²) in [5.41, 5.74) is 0.683. The molecule has 1 aliphatic heterocycles. The number of carbonyl (C=O) groups excluding carboxylic acids is 3. The van der Waals surface area contributed by atoms with Gasteiger partial charge in [0, 0.05) is 13.7 Å². The van der Waals surface area contributed by atoms with Crippen molar-refractivity contribution >= 4 is 17.7 Å². The van der Waals surface area contributed by atoms with Crippen molar-refractivity contribution in [1.29, 1.82) is 0 Å². The van der Waals surface area contributed by atoms with E-state index in [1.54, 1.807) is 24.3 Å². The lowest BCUT2D eigenvalue weighted by molar-refractivity contribution is -0.124. The van der Waals surface area contributed by atoms with Crippen LogP contribution in [-0.2, 0) is 9.53 Å². The molecule has 0 fully saturated rings. The topological polar surface area (TPSA) is 75.7 Å². The van der Waals surface area contributed by atoms with Crippen LogP contribution in [0.2, 0.25) is 0 Å². The maximum atomic E-state index is 12.2. The standard InChI is InChI=1S/C14H16N2O4/c1-9(12(17)15-7-8-20-2)16-13(18)10-5-3-4-6-11(10)14(16)19/h3-6,9H,7-8H2,1-2H3,(H,15,17). The number of hydrogen-bond acceptors (Lipinski definition) is 4. The predicted molar refractivity (Wildman–Crippen MR) is 71.3 cm³/mol. The van der Waals surface area contributed by atoms with Gasteiger partial charge in [-0.1, -0.05) is 12.1 Å². The summed E-state index contributed by atoms with van der Waals surface area (Å²) in [7, 11) is 1.53. The Bertz CT molecular complexity index is 521. The van der Waals surface area contributed by atoms with Gasteiger partial charge in [-0.25, -0.2) is 0 Å². The second kappa shape index (κ2) is 5.83. The minimum Gasteiger partial charge on any atom is -0.383 e. The van der Waals surface area contributed by atoms with Crippen molar-refractivity contribution in [2.24, 2.45) is 0 Å². The Kier molecular flexibility index (Phi) is 4.14. The molecular formula is C14H16N2O4. The summed E-state index contributed by atoms with van der Waals surface area (Å²) in [4.78, 5) is 37.3. The summed E-state index contributed by atoms with van der Waals surface area (Å²) in [5, 5.41) is 2.62. The third-order valence-corrected chi connectivity index (χ3v) is 3.20. The lowest BCUT2D eigenvalue weighted by Crippen LogP contribution is -2.48. The largest absolute Gasteiger partial charge is 0.383 e. The van der Waals surface area contributed by atoms with Crippen molar-refractivity contribution < 1.29 is 19.1 Å². The van der Waals surface area contributed by atoms with Crippen LogP contribution in [0.1, 0.15) is 27.6 Å². The Morgan fingerprint density at radius 3 is 2.30 bits per heavy atom. The van der Waals surface area contributed by atoms with Crippen LogP contribution in [0, 0.1) is 0 Å². The van der Waals surface area contributed by atoms with E-state index in [2.05, 4.69) is 5.32 Å². The van der Waals surface area contributed by atoms with Crippen molar-refractivity contribution in [3.8, 4) is 0 Å². The van der Waals surface area contributed by atoms with E-state index in [-0.39, 0.29) is 5.91 Å². The Morgan fingerprint density at radius 1 is 1.25 bits per heavy atom. The molecule has 0 aliphatic carbocycles. The molecule has 1 aromatic rings. The molecule has 2 rings (SSSR count). The minimum atomic E-state index is -0.848. The zero-order chi connectivity index (χ0) is 14.7. The smallest absolute Gasteiger partial charge is 0.262 e. The number of benzene rings is 1. The van der Waals surface area contributed by atoms with Crippen molar-refractivity contribution in [1.82, 2.24) is 10.2 Å². The fourth-order valence-electron chi connectivity index (χ4n) is 2.10. The Labute approximate surface area is 116 Å². The third kappa shape index (κ3) is 2.42. The van der Waals surface area contributed by atoms with Gasteiger partial charge in [0.1, 0.15) is 6.04 Å². The SMILES string of the molecule is COCCNC(=O)C(C)N1C(=O)c2ccccc2C1=O. The first-order valence-electron chi connectivity index (χ1n) is 6.31. The fourth-order valence-corrected chi connectivity index (χ4v) is 2.10. The van der Waals surface area contributed by atoms with Gasteiger partial charge in [-0.2, -0.15) is 0 Å². The Balaban J connectivity index is 2.13. The fraction of sp³-hybridized carbons (Fsp3) is 0.357. The molecule has 1 atom stereocenters. The van der Waals surface area contributed by atoms with E-state index in [4.69, 9.17) is 4.74 Å². The normalized spacial score (nSPS) is 15.2. The number of imide groups is 1. The molecule has 106 valence electrons. The van der Waals surface area contributed by atoms with E-state index >= 15 is 0 Å². The van der Waals surface area contributed by atoms with Gasteiger partial charge in [-0.3, -0.25) is 19.3 Å². The monoisotopic (exact) mass is 276 g/mol. The first-order valence-corrected chi connectivity index (χ1v) is 6.31. The van der Waals surface area contributed by atoms with Crippen LogP contribution in [0.15, 0.2) is 24.3 Å². The molecule has 1 heterocycles. The molecule has 1 aliphatic rings. The predicted octanol–water partition coefficient (Wildman–Crippen LogP) is 0.434. The van der Waals surface area contributed by atoms with Gasteiger partial charge in [0.15, 0.2) is 0 Å². The number of amides is 3. The summed E-state index contributed by atoms with van der Waals surface area (Å²) < 4.78 is 4.83. The van der Waals surface area contributed by atoms with Gasteiger partial charge in [0.25, 0.3) is 11.8 Å². The van der Waals surface area contributed by atoms with Gasteiger partial charge >= 0.3 is 0 Å². The highest BCUT2D eigenvalue weighted by atomic mass is 16.5. The first kappa shape index (κ1) is 14.2. The molecule has 1 N–H and O–H groups in total. The number of hydrogen-bond donors (Lipinski definition) is 1. The maximum absolute atomic E-state index is 12.2. The van der Waals surface area contributed by atoms with Crippen molar-refractivity contribution in [2.45, 2.75) is 13.0 Å². The van der Waals surface area contributed by atoms with Crippen LogP contribution in [0.4, 0.5) is 0 Å². The summed E-state index contributed by atoms with van der Waals surface area (Å²) in [5.74, 6) is -1.24. The summed E-state index contributed by atoms with van der Waals surface area (Å²) >= 11 is 0. The molecule has 0 bridgehead atoms. The number of nitrogens with one attached hydrogen (secondary N) is 1. The van der Waals surface area contributed by atoms with Crippen LogP contribution in [0.25, 0.3) is 0 Å². The van der Waals surface area contributed by atoms with Gasteiger partial charge in [0.05, 0.1) is 17.7 Å². The van der Waals surface area contributed by atoms with Gasteiger partial charge in [-0.05, 0) is 19.1 Å². The lowest BCUT2D eigenvalue weighted by Gasteiger charge is -2.21. The molecule has 6 heteroatoms. The van der Waals surface area contributed by atoms with Gasteiger partial charge in [0.2, 0.25) is 5.91 Å². The van der Waals surface area contributed by atoms with Crippen molar-refractivity contribution in [3.63, 3.8) is 0 Å². The van der Waals surface area contributed by atoms with Crippen molar-refractivity contribution in [2.75, 3.05) is 20.3 Å².